The van der Waals surface area contributed by atoms with E-state index in [1.807, 2.05) is 19.0 Å². The number of hydrogen-bond donors (Lipinski definition) is 2. The van der Waals surface area contributed by atoms with E-state index in [4.69, 9.17) is 4.42 Å². The molecular formula is C10H16N2O3. The third kappa shape index (κ3) is 4.14. The Morgan fingerprint density at radius 1 is 1.67 bits per heavy atom. The number of rotatable bonds is 5. The second-order valence-corrected chi connectivity index (χ2v) is 3.60. The number of nitrogens with zero attached hydrogens (tertiary/aromatic N) is 1. The van der Waals surface area contributed by atoms with E-state index in [0.29, 0.717) is 6.54 Å². The highest BCUT2D eigenvalue weighted by Gasteiger charge is 2.11. The van der Waals surface area contributed by atoms with Crippen molar-refractivity contribution in [2.24, 2.45) is 0 Å². The van der Waals surface area contributed by atoms with Crippen LogP contribution in [0.3, 0.4) is 0 Å². The highest BCUT2D eigenvalue weighted by atomic mass is 16.3. The van der Waals surface area contributed by atoms with Gasteiger partial charge in [-0.1, -0.05) is 0 Å². The number of amides is 1. The zero-order valence-corrected chi connectivity index (χ0v) is 8.93. The molecule has 1 unspecified atom stereocenters. The molecule has 0 radical (unpaired) electrons. The first-order valence-corrected chi connectivity index (χ1v) is 4.74. The predicted molar refractivity (Wildman–Crippen MR) is 55.6 cm³/mol. The summed E-state index contributed by atoms with van der Waals surface area (Å²) in [5.74, 6) is -0.0511. The Morgan fingerprint density at radius 3 is 2.93 bits per heavy atom. The van der Waals surface area contributed by atoms with Crippen LogP contribution in [0.2, 0.25) is 0 Å². The van der Waals surface area contributed by atoms with Crippen LogP contribution in [0.1, 0.15) is 10.6 Å². The van der Waals surface area contributed by atoms with Crippen molar-refractivity contribution in [3.8, 4) is 0 Å². The van der Waals surface area contributed by atoms with E-state index in [9.17, 15) is 9.90 Å². The number of likely N-dealkylation sites (N-methyl/N-ethyl adjacent to an activating group) is 1. The fourth-order valence-electron chi connectivity index (χ4n) is 1.19. The summed E-state index contributed by atoms with van der Waals surface area (Å²) in [6.45, 7) is 0.732. The van der Waals surface area contributed by atoms with Gasteiger partial charge in [-0.2, -0.15) is 0 Å². The topological polar surface area (TPSA) is 65.7 Å². The summed E-state index contributed by atoms with van der Waals surface area (Å²) in [7, 11) is 3.72. The van der Waals surface area contributed by atoms with Crippen LogP contribution < -0.4 is 5.32 Å². The molecule has 1 amide bonds. The van der Waals surface area contributed by atoms with Gasteiger partial charge in [-0.15, -0.1) is 0 Å². The predicted octanol–water partition coefficient (Wildman–Crippen LogP) is -0.0681. The molecule has 0 saturated heterocycles. The zero-order valence-electron chi connectivity index (χ0n) is 8.93. The molecule has 1 atom stereocenters. The second kappa shape index (κ2) is 5.53. The lowest BCUT2D eigenvalue weighted by Gasteiger charge is -2.15. The van der Waals surface area contributed by atoms with Gasteiger partial charge in [-0.3, -0.25) is 4.79 Å². The van der Waals surface area contributed by atoms with Crippen LogP contribution in [-0.4, -0.2) is 49.2 Å². The number of carbonyl (C=O) groups is 1. The van der Waals surface area contributed by atoms with E-state index in [1.54, 1.807) is 12.1 Å². The van der Waals surface area contributed by atoms with Crippen LogP contribution in [0.4, 0.5) is 0 Å². The highest BCUT2D eigenvalue weighted by molar-refractivity contribution is 5.91. The fourth-order valence-corrected chi connectivity index (χ4v) is 1.19. The first kappa shape index (κ1) is 11.7. The molecule has 1 aromatic rings. The minimum atomic E-state index is -0.570. The molecule has 5 heteroatoms. The van der Waals surface area contributed by atoms with Gasteiger partial charge >= 0.3 is 0 Å². The lowest BCUT2D eigenvalue weighted by atomic mass is 10.3. The van der Waals surface area contributed by atoms with E-state index in [2.05, 4.69) is 5.32 Å². The standard InChI is InChI=1S/C10H16N2O3/c1-12(2)7-8(13)6-11-10(14)9-4-3-5-15-9/h3-5,8,13H,6-7H2,1-2H3,(H,11,14). The van der Waals surface area contributed by atoms with Gasteiger partial charge in [0.1, 0.15) is 0 Å². The molecule has 5 nitrogen and oxygen atoms in total. The summed E-state index contributed by atoms with van der Waals surface area (Å²) in [6, 6.07) is 3.22. The molecule has 0 aromatic carbocycles. The molecular weight excluding hydrogens is 196 g/mol. The third-order valence-corrected chi connectivity index (χ3v) is 1.82. The first-order valence-electron chi connectivity index (χ1n) is 4.74. The number of nitrogens with one attached hydrogen (secondary N) is 1. The minimum Gasteiger partial charge on any atom is -0.459 e. The van der Waals surface area contributed by atoms with Gasteiger partial charge in [0.15, 0.2) is 5.76 Å². The molecule has 0 saturated carbocycles. The Bertz CT molecular complexity index is 296. The fraction of sp³-hybridized carbons (Fsp3) is 0.500. The molecule has 84 valence electrons. The minimum absolute atomic E-state index is 0.220. The van der Waals surface area contributed by atoms with Crippen molar-refractivity contribution >= 4 is 5.91 Å². The number of hydrogen-bond acceptors (Lipinski definition) is 4. The summed E-state index contributed by atoms with van der Waals surface area (Å²) >= 11 is 0. The van der Waals surface area contributed by atoms with Gasteiger partial charge < -0.3 is 19.7 Å². The van der Waals surface area contributed by atoms with Gasteiger partial charge in [-0.05, 0) is 26.2 Å². The summed E-state index contributed by atoms with van der Waals surface area (Å²) in [4.78, 5) is 13.2. The van der Waals surface area contributed by atoms with Crippen molar-refractivity contribution in [1.29, 1.82) is 0 Å². The Morgan fingerprint density at radius 2 is 2.40 bits per heavy atom. The van der Waals surface area contributed by atoms with Crippen LogP contribution in [-0.2, 0) is 0 Å². The molecule has 0 aliphatic carbocycles. The molecule has 0 aliphatic rings. The van der Waals surface area contributed by atoms with E-state index < -0.39 is 6.10 Å². The molecule has 1 rings (SSSR count). The maximum absolute atomic E-state index is 11.4. The lowest BCUT2D eigenvalue weighted by Crippen LogP contribution is -2.37. The van der Waals surface area contributed by atoms with E-state index >= 15 is 0 Å². The van der Waals surface area contributed by atoms with Crippen molar-refractivity contribution in [2.75, 3.05) is 27.2 Å². The Kier molecular flexibility index (Phi) is 4.33. The third-order valence-electron chi connectivity index (χ3n) is 1.82. The number of aliphatic hydroxyl groups is 1. The van der Waals surface area contributed by atoms with Crippen molar-refractivity contribution in [1.82, 2.24) is 10.2 Å². The molecule has 0 bridgehead atoms. The molecule has 1 aromatic heterocycles. The SMILES string of the molecule is CN(C)CC(O)CNC(=O)c1ccco1. The van der Waals surface area contributed by atoms with Gasteiger partial charge in [0, 0.05) is 13.1 Å². The number of aliphatic hydroxyl groups excluding tert-OH is 1. The van der Waals surface area contributed by atoms with Crippen molar-refractivity contribution in [2.45, 2.75) is 6.10 Å². The Balaban J connectivity index is 2.28. The van der Waals surface area contributed by atoms with Gasteiger partial charge in [-0.25, -0.2) is 0 Å². The van der Waals surface area contributed by atoms with E-state index in [1.165, 1.54) is 6.26 Å². The van der Waals surface area contributed by atoms with E-state index in [0.717, 1.165) is 0 Å². The number of carbonyl (C=O) groups excluding carboxylic acids is 1. The van der Waals surface area contributed by atoms with Crippen LogP contribution in [0.5, 0.6) is 0 Å². The van der Waals surface area contributed by atoms with Crippen LogP contribution >= 0.6 is 0 Å². The second-order valence-electron chi connectivity index (χ2n) is 3.60. The largest absolute Gasteiger partial charge is 0.459 e. The summed E-state index contributed by atoms with van der Waals surface area (Å²) in [6.07, 6.45) is 0.865. The molecule has 0 aliphatic heterocycles. The van der Waals surface area contributed by atoms with Crippen molar-refractivity contribution in [3.63, 3.8) is 0 Å². The maximum Gasteiger partial charge on any atom is 0.287 e. The molecule has 15 heavy (non-hydrogen) atoms. The van der Waals surface area contributed by atoms with Crippen molar-refractivity contribution in [3.05, 3.63) is 24.2 Å². The van der Waals surface area contributed by atoms with Gasteiger partial charge in [0.2, 0.25) is 0 Å². The maximum atomic E-state index is 11.4. The van der Waals surface area contributed by atoms with Gasteiger partial charge in [0.25, 0.3) is 5.91 Å². The normalized spacial score (nSPS) is 12.8. The average Bonchev–Trinajstić information content (AvgIpc) is 2.65. The van der Waals surface area contributed by atoms with Crippen LogP contribution in [0.15, 0.2) is 22.8 Å². The van der Waals surface area contributed by atoms with Crippen LogP contribution in [0.25, 0.3) is 0 Å². The molecule has 0 fully saturated rings. The Hall–Kier alpha value is -1.33. The Labute approximate surface area is 88.7 Å². The van der Waals surface area contributed by atoms with Gasteiger partial charge in [0.05, 0.1) is 12.4 Å². The summed E-state index contributed by atoms with van der Waals surface area (Å²) in [5, 5.41) is 12.1. The smallest absolute Gasteiger partial charge is 0.287 e. The zero-order chi connectivity index (χ0) is 11.3. The molecule has 0 spiro atoms. The average molecular weight is 212 g/mol. The number of furan rings is 1. The summed E-state index contributed by atoms with van der Waals surface area (Å²) < 4.78 is 4.90. The summed E-state index contributed by atoms with van der Waals surface area (Å²) in [5.41, 5.74) is 0. The monoisotopic (exact) mass is 212 g/mol. The lowest BCUT2D eigenvalue weighted by molar-refractivity contribution is 0.0866. The van der Waals surface area contributed by atoms with Crippen molar-refractivity contribution < 1.29 is 14.3 Å². The molecule has 1 heterocycles. The van der Waals surface area contributed by atoms with Crippen LogP contribution in [0, 0.1) is 0 Å². The highest BCUT2D eigenvalue weighted by Crippen LogP contribution is 1.98. The quantitative estimate of drug-likeness (QED) is 0.717. The molecule has 2 N–H and O–H groups in total. The first-order chi connectivity index (χ1) is 7.09. The van der Waals surface area contributed by atoms with E-state index in [-0.39, 0.29) is 18.2 Å².